The van der Waals surface area contributed by atoms with E-state index in [9.17, 15) is 9.59 Å². The number of ketones is 1. The van der Waals surface area contributed by atoms with Crippen molar-refractivity contribution in [2.75, 3.05) is 7.05 Å². The minimum Gasteiger partial charge on any atom is -0.318 e. The zero-order valence-corrected chi connectivity index (χ0v) is 8.95. The number of carbonyl (C=O) groups excluding carboxylic acids is 2. The highest BCUT2D eigenvalue weighted by Gasteiger charge is 2.06. The second kappa shape index (κ2) is 7.66. The molecule has 6 nitrogen and oxygen atoms in total. The van der Waals surface area contributed by atoms with Crippen molar-refractivity contribution in [2.45, 2.75) is 26.2 Å². The fourth-order valence-corrected chi connectivity index (χ4v) is 0.860. The van der Waals surface area contributed by atoms with E-state index in [1.807, 2.05) is 0 Å². The molecule has 0 aromatic heterocycles. The predicted octanol–water partition coefficient (Wildman–Crippen LogP) is 0.480. The van der Waals surface area contributed by atoms with Crippen molar-refractivity contribution in [3.05, 3.63) is 0 Å². The molecule has 1 amide bonds. The Balaban J connectivity index is 3.81. The fourth-order valence-electron chi connectivity index (χ4n) is 0.860. The quantitative estimate of drug-likeness (QED) is 0.409. The topological polar surface area (TPSA) is 80.1 Å². The van der Waals surface area contributed by atoms with Gasteiger partial charge in [-0.2, -0.15) is 0 Å². The zero-order valence-electron chi connectivity index (χ0n) is 8.95. The van der Waals surface area contributed by atoms with Gasteiger partial charge >= 0.3 is 6.02 Å². The van der Waals surface area contributed by atoms with Crippen LogP contribution in [-0.2, 0) is 14.4 Å². The van der Waals surface area contributed by atoms with E-state index in [1.54, 1.807) is 0 Å². The zero-order chi connectivity index (χ0) is 11.7. The summed E-state index contributed by atoms with van der Waals surface area (Å²) < 4.78 is 0. The van der Waals surface area contributed by atoms with Crippen LogP contribution in [0.4, 0.5) is 0 Å². The summed E-state index contributed by atoms with van der Waals surface area (Å²) in [7, 11) is 1.45. The average Bonchev–Trinajstić information content (AvgIpc) is 2.16. The Kier molecular flexibility index (Phi) is 6.78. The van der Waals surface area contributed by atoms with E-state index in [0.717, 1.165) is 0 Å². The summed E-state index contributed by atoms with van der Waals surface area (Å²) in [5.74, 6) is -0.198. The molecule has 0 aliphatic carbocycles. The smallest absolute Gasteiger partial charge is 0.318 e. The molecule has 0 aromatic rings. The van der Waals surface area contributed by atoms with E-state index in [0.29, 0.717) is 12.8 Å². The highest BCUT2D eigenvalue weighted by molar-refractivity contribution is 5.94. The number of hydrogen-bond donors (Lipinski definition) is 1. The highest BCUT2D eigenvalue weighted by Crippen LogP contribution is 1.96. The number of amidine groups is 1. The molecule has 15 heavy (non-hydrogen) atoms. The van der Waals surface area contributed by atoms with Crippen molar-refractivity contribution in [3.8, 4) is 0 Å². The van der Waals surface area contributed by atoms with Crippen LogP contribution < -0.4 is 5.32 Å². The third-order valence-electron chi connectivity index (χ3n) is 1.53. The van der Waals surface area contributed by atoms with Crippen LogP contribution in [0.2, 0.25) is 0 Å². The third kappa shape index (κ3) is 7.36. The molecule has 0 rings (SSSR count). The number of aliphatic imine (C=N–C) groups is 1. The van der Waals surface area contributed by atoms with Gasteiger partial charge in [-0.15, -0.1) is 0 Å². The Morgan fingerprint density at radius 2 is 2.07 bits per heavy atom. The first-order valence-electron chi connectivity index (χ1n) is 4.49. The standard InChI is InChI=1S/C9H15N3O3/c1-7(13)5-4-6-8(14)12-9(10-2)15-11-3/h3-6H2,1-2H3,(H,10,12,14). The molecule has 0 spiro atoms. The van der Waals surface area contributed by atoms with E-state index < -0.39 is 0 Å². The van der Waals surface area contributed by atoms with Gasteiger partial charge in [0.25, 0.3) is 0 Å². The molecule has 6 heteroatoms. The lowest BCUT2D eigenvalue weighted by molar-refractivity contribution is -0.120. The van der Waals surface area contributed by atoms with Crippen molar-refractivity contribution in [1.82, 2.24) is 5.32 Å². The SMILES string of the molecule is C=NO/C(=N\C)NC(=O)CCCC(C)=O. The van der Waals surface area contributed by atoms with Crippen molar-refractivity contribution in [1.29, 1.82) is 0 Å². The highest BCUT2D eigenvalue weighted by atomic mass is 16.6. The minimum atomic E-state index is -0.263. The van der Waals surface area contributed by atoms with Crippen LogP contribution in [0.1, 0.15) is 26.2 Å². The maximum Gasteiger partial charge on any atom is 0.321 e. The molecule has 0 atom stereocenters. The number of nitrogens with one attached hydrogen (secondary N) is 1. The van der Waals surface area contributed by atoms with Gasteiger partial charge in [-0.1, -0.05) is 5.16 Å². The van der Waals surface area contributed by atoms with Crippen LogP contribution in [0.15, 0.2) is 10.1 Å². The van der Waals surface area contributed by atoms with E-state index >= 15 is 0 Å². The summed E-state index contributed by atoms with van der Waals surface area (Å²) in [4.78, 5) is 30.0. The van der Waals surface area contributed by atoms with Crippen LogP contribution in [-0.4, -0.2) is 31.5 Å². The number of amides is 1. The molecule has 0 aliphatic heterocycles. The van der Waals surface area contributed by atoms with Crippen LogP contribution in [0.5, 0.6) is 0 Å². The number of nitrogens with zero attached hydrogens (tertiary/aromatic N) is 2. The average molecular weight is 213 g/mol. The number of Topliss-reactive ketones (excluding diaryl/α,β-unsaturated/α-hetero) is 1. The molecule has 0 bridgehead atoms. The van der Waals surface area contributed by atoms with E-state index in [-0.39, 0.29) is 24.1 Å². The molecule has 0 aromatic carbocycles. The first-order chi connectivity index (χ1) is 7.10. The molecule has 0 saturated heterocycles. The van der Waals surface area contributed by atoms with Gasteiger partial charge in [0.15, 0.2) is 0 Å². The summed E-state index contributed by atoms with van der Waals surface area (Å²) in [6, 6.07) is -0.00201. The van der Waals surface area contributed by atoms with Crippen molar-refractivity contribution >= 4 is 24.4 Å². The second-order valence-corrected chi connectivity index (χ2v) is 2.85. The molecular weight excluding hydrogens is 198 g/mol. The Labute approximate surface area is 88.4 Å². The lowest BCUT2D eigenvalue weighted by Crippen LogP contribution is -2.31. The number of oxime groups is 1. The van der Waals surface area contributed by atoms with E-state index in [1.165, 1.54) is 14.0 Å². The predicted molar refractivity (Wildman–Crippen MR) is 56.7 cm³/mol. The lowest BCUT2D eigenvalue weighted by atomic mass is 10.2. The van der Waals surface area contributed by atoms with Gasteiger partial charge in [0.1, 0.15) is 5.78 Å². The van der Waals surface area contributed by atoms with E-state index in [4.69, 9.17) is 0 Å². The van der Waals surface area contributed by atoms with Crippen molar-refractivity contribution in [3.63, 3.8) is 0 Å². The Hall–Kier alpha value is -1.72. The third-order valence-corrected chi connectivity index (χ3v) is 1.53. The van der Waals surface area contributed by atoms with Crippen molar-refractivity contribution < 1.29 is 14.4 Å². The second-order valence-electron chi connectivity index (χ2n) is 2.85. The Bertz CT molecular complexity index is 274. The van der Waals surface area contributed by atoms with Crippen LogP contribution >= 0.6 is 0 Å². The van der Waals surface area contributed by atoms with Gasteiger partial charge in [0.05, 0.1) is 0 Å². The molecule has 1 N–H and O–H groups in total. The summed E-state index contributed by atoms with van der Waals surface area (Å²) >= 11 is 0. The van der Waals surface area contributed by atoms with Gasteiger partial charge in [-0.25, -0.2) is 4.99 Å². The fraction of sp³-hybridized carbons (Fsp3) is 0.556. The van der Waals surface area contributed by atoms with E-state index in [2.05, 4.69) is 27.0 Å². The minimum absolute atomic E-state index is 0.00201. The van der Waals surface area contributed by atoms with Crippen LogP contribution in [0.3, 0.4) is 0 Å². The Morgan fingerprint density at radius 1 is 1.40 bits per heavy atom. The molecule has 0 aliphatic rings. The molecule has 0 unspecified atom stereocenters. The van der Waals surface area contributed by atoms with Crippen LogP contribution in [0, 0.1) is 0 Å². The van der Waals surface area contributed by atoms with Gasteiger partial charge in [0.2, 0.25) is 5.91 Å². The molecule has 0 fully saturated rings. The molecule has 0 heterocycles. The lowest BCUT2D eigenvalue weighted by Gasteiger charge is -2.04. The number of carbonyl (C=O) groups is 2. The summed E-state index contributed by atoms with van der Waals surface area (Å²) in [5.41, 5.74) is 0. The molecule has 0 saturated carbocycles. The number of rotatable bonds is 5. The van der Waals surface area contributed by atoms with Gasteiger partial charge in [-0.3, -0.25) is 10.1 Å². The maximum absolute atomic E-state index is 11.2. The normalized spacial score (nSPS) is 10.7. The monoisotopic (exact) mass is 213 g/mol. The first-order valence-corrected chi connectivity index (χ1v) is 4.49. The maximum atomic E-state index is 11.2. The molecular formula is C9H15N3O3. The van der Waals surface area contributed by atoms with Gasteiger partial charge in [0, 0.05) is 26.6 Å². The first kappa shape index (κ1) is 13.3. The summed E-state index contributed by atoms with van der Waals surface area (Å²) in [6.07, 6.45) is 1.16. The molecule has 0 radical (unpaired) electrons. The van der Waals surface area contributed by atoms with Crippen molar-refractivity contribution in [2.24, 2.45) is 10.1 Å². The van der Waals surface area contributed by atoms with Gasteiger partial charge in [-0.05, 0) is 13.3 Å². The van der Waals surface area contributed by atoms with Gasteiger partial charge < -0.3 is 9.63 Å². The largest absolute Gasteiger partial charge is 0.321 e. The van der Waals surface area contributed by atoms with Crippen LogP contribution in [0.25, 0.3) is 0 Å². The number of hydrogen-bond acceptors (Lipinski definition) is 5. The summed E-state index contributed by atoms with van der Waals surface area (Å²) in [6.45, 7) is 4.58. The summed E-state index contributed by atoms with van der Waals surface area (Å²) in [5, 5.41) is 5.50. The molecule has 84 valence electrons. The Morgan fingerprint density at radius 3 is 2.53 bits per heavy atom.